The van der Waals surface area contributed by atoms with E-state index in [4.69, 9.17) is 4.74 Å². The molecule has 1 aliphatic heterocycles. The van der Waals surface area contributed by atoms with Crippen LogP contribution >= 0.6 is 0 Å². The van der Waals surface area contributed by atoms with Crippen LogP contribution in [0.25, 0.3) is 0 Å². The van der Waals surface area contributed by atoms with Crippen LogP contribution in [0.5, 0.6) is 11.5 Å². The molecule has 0 bridgehead atoms. The summed E-state index contributed by atoms with van der Waals surface area (Å²) >= 11 is 0. The van der Waals surface area contributed by atoms with Gasteiger partial charge in [-0.05, 0) is 56.8 Å². The summed E-state index contributed by atoms with van der Waals surface area (Å²) in [6, 6.07) is 3.89. The van der Waals surface area contributed by atoms with Crippen LogP contribution in [-0.2, 0) is 13.0 Å². The first kappa shape index (κ1) is 16.8. The first-order chi connectivity index (χ1) is 10.5. The largest absolute Gasteiger partial charge is 0.504 e. The summed E-state index contributed by atoms with van der Waals surface area (Å²) in [5, 5.41) is 20.0. The van der Waals surface area contributed by atoms with Crippen molar-refractivity contribution in [1.29, 1.82) is 0 Å². The third kappa shape index (κ3) is 4.02. The number of benzene rings is 1. The van der Waals surface area contributed by atoms with Gasteiger partial charge in [-0.25, -0.2) is 0 Å². The first-order valence-electron chi connectivity index (χ1n) is 7.95. The van der Waals surface area contributed by atoms with Crippen molar-refractivity contribution in [2.75, 3.05) is 20.2 Å². The Labute approximate surface area is 133 Å². The number of phenolic OH excluding ortho intramolecular Hbond substituents is 1. The van der Waals surface area contributed by atoms with Gasteiger partial charge in [-0.1, -0.05) is 12.1 Å². The molecule has 1 aliphatic rings. The van der Waals surface area contributed by atoms with Crippen molar-refractivity contribution in [3.8, 4) is 11.5 Å². The van der Waals surface area contributed by atoms with Crippen LogP contribution in [0, 0.1) is 5.92 Å². The molecule has 1 unspecified atom stereocenters. The van der Waals surface area contributed by atoms with Crippen molar-refractivity contribution < 1.29 is 14.9 Å². The number of hydrogen-bond donors (Lipinski definition) is 2. The van der Waals surface area contributed by atoms with Crippen LogP contribution in [0.4, 0.5) is 0 Å². The third-order valence-electron chi connectivity index (χ3n) is 4.52. The number of hydrogen-bond acceptors (Lipinski definition) is 4. The van der Waals surface area contributed by atoms with Gasteiger partial charge < -0.3 is 14.9 Å². The number of likely N-dealkylation sites (tertiary alicyclic amines) is 1. The zero-order valence-electron chi connectivity index (χ0n) is 13.6. The Morgan fingerprint density at radius 2 is 2.09 bits per heavy atom. The van der Waals surface area contributed by atoms with E-state index in [-0.39, 0.29) is 11.9 Å². The maximum Gasteiger partial charge on any atom is 0.162 e. The molecular formula is C18H27NO3. The summed E-state index contributed by atoms with van der Waals surface area (Å²) in [5.41, 5.74) is 1.99. The summed E-state index contributed by atoms with van der Waals surface area (Å²) in [6.07, 6.45) is 4.38. The van der Waals surface area contributed by atoms with E-state index in [2.05, 4.69) is 11.5 Å². The number of aromatic hydroxyl groups is 1. The molecule has 2 rings (SSSR count). The molecule has 0 amide bonds. The van der Waals surface area contributed by atoms with E-state index < -0.39 is 0 Å². The Balaban J connectivity index is 2.09. The molecule has 4 nitrogen and oxygen atoms in total. The van der Waals surface area contributed by atoms with Crippen molar-refractivity contribution in [3.63, 3.8) is 0 Å². The highest BCUT2D eigenvalue weighted by Gasteiger charge is 2.23. The highest BCUT2D eigenvalue weighted by atomic mass is 16.5. The van der Waals surface area contributed by atoms with Crippen LogP contribution in [0.2, 0.25) is 0 Å². The zero-order valence-corrected chi connectivity index (χ0v) is 13.6. The first-order valence-corrected chi connectivity index (χ1v) is 7.95. The fraction of sp³-hybridized carbons (Fsp3) is 0.556. The number of piperidine rings is 1. The van der Waals surface area contributed by atoms with Crippen LogP contribution in [0.1, 0.15) is 30.9 Å². The van der Waals surface area contributed by atoms with Gasteiger partial charge in [-0.3, -0.25) is 4.90 Å². The zero-order chi connectivity index (χ0) is 16.1. The van der Waals surface area contributed by atoms with E-state index in [1.165, 1.54) is 0 Å². The highest BCUT2D eigenvalue weighted by molar-refractivity contribution is 5.48. The van der Waals surface area contributed by atoms with Gasteiger partial charge in [-0.15, -0.1) is 6.58 Å². The monoisotopic (exact) mass is 305 g/mol. The van der Waals surface area contributed by atoms with Crippen molar-refractivity contribution >= 4 is 0 Å². The molecule has 1 saturated heterocycles. The fourth-order valence-corrected chi connectivity index (χ4v) is 3.12. The molecule has 122 valence electrons. The minimum Gasteiger partial charge on any atom is -0.504 e. The number of phenols is 1. The molecule has 1 fully saturated rings. The van der Waals surface area contributed by atoms with Gasteiger partial charge >= 0.3 is 0 Å². The molecule has 1 aromatic carbocycles. The summed E-state index contributed by atoms with van der Waals surface area (Å²) in [4.78, 5) is 2.32. The summed E-state index contributed by atoms with van der Waals surface area (Å²) in [5.74, 6) is 1.15. The molecule has 1 atom stereocenters. The molecule has 0 aromatic heterocycles. The van der Waals surface area contributed by atoms with E-state index in [1.807, 2.05) is 25.1 Å². The average molecular weight is 305 g/mol. The molecule has 22 heavy (non-hydrogen) atoms. The highest BCUT2D eigenvalue weighted by Crippen LogP contribution is 2.33. The standard InChI is InChI=1S/C18H27NO3/c1-4-5-14-10-16(18(21)17(11-14)22-3)12-19-8-6-15(7-9-19)13(2)20/h4,10-11,13,15,20-21H,1,5-9,12H2,2-3H3. The van der Waals surface area contributed by atoms with Crippen LogP contribution in [0.3, 0.4) is 0 Å². The van der Waals surface area contributed by atoms with E-state index in [9.17, 15) is 10.2 Å². The van der Waals surface area contributed by atoms with Crippen molar-refractivity contribution in [3.05, 3.63) is 35.9 Å². The number of ether oxygens (including phenoxy) is 1. The van der Waals surface area contributed by atoms with Crippen LogP contribution in [-0.4, -0.2) is 41.4 Å². The SMILES string of the molecule is C=CCc1cc(CN2CCC(C(C)O)CC2)c(O)c(OC)c1. The van der Waals surface area contributed by atoms with E-state index >= 15 is 0 Å². The smallest absolute Gasteiger partial charge is 0.162 e. The van der Waals surface area contributed by atoms with Gasteiger partial charge in [0.15, 0.2) is 11.5 Å². The number of allylic oxidation sites excluding steroid dienone is 1. The van der Waals surface area contributed by atoms with Gasteiger partial charge in [0.05, 0.1) is 13.2 Å². The van der Waals surface area contributed by atoms with Gasteiger partial charge in [0.1, 0.15) is 0 Å². The molecule has 0 aliphatic carbocycles. The number of methoxy groups -OCH3 is 1. The van der Waals surface area contributed by atoms with Crippen molar-refractivity contribution in [1.82, 2.24) is 4.90 Å². The van der Waals surface area contributed by atoms with Crippen molar-refractivity contribution in [2.24, 2.45) is 5.92 Å². The normalized spacial score (nSPS) is 18.1. The van der Waals surface area contributed by atoms with E-state index in [0.717, 1.165) is 43.5 Å². The van der Waals surface area contributed by atoms with E-state index in [0.29, 0.717) is 18.2 Å². The third-order valence-corrected chi connectivity index (χ3v) is 4.52. The molecule has 1 aromatic rings. The topological polar surface area (TPSA) is 52.9 Å². The molecule has 4 heteroatoms. The Kier molecular flexibility index (Phi) is 5.86. The van der Waals surface area contributed by atoms with Gasteiger partial charge in [0.2, 0.25) is 0 Å². The van der Waals surface area contributed by atoms with E-state index in [1.54, 1.807) is 7.11 Å². The second-order valence-electron chi connectivity index (χ2n) is 6.15. The lowest BCUT2D eigenvalue weighted by Crippen LogP contribution is -2.36. The maximum atomic E-state index is 10.3. The average Bonchev–Trinajstić information content (AvgIpc) is 2.51. The predicted molar refractivity (Wildman–Crippen MR) is 88.2 cm³/mol. The Hall–Kier alpha value is -1.52. The predicted octanol–water partition coefficient (Wildman–Crippen LogP) is 2.72. The lowest BCUT2D eigenvalue weighted by molar-refractivity contribution is 0.0692. The Morgan fingerprint density at radius 1 is 1.41 bits per heavy atom. The second-order valence-corrected chi connectivity index (χ2v) is 6.15. The lowest BCUT2D eigenvalue weighted by atomic mass is 9.92. The number of rotatable bonds is 6. The fourth-order valence-electron chi connectivity index (χ4n) is 3.12. The molecule has 0 saturated carbocycles. The Bertz CT molecular complexity index is 505. The molecular weight excluding hydrogens is 278 g/mol. The van der Waals surface area contributed by atoms with Crippen LogP contribution < -0.4 is 4.74 Å². The Morgan fingerprint density at radius 3 is 2.64 bits per heavy atom. The molecule has 2 N–H and O–H groups in total. The van der Waals surface area contributed by atoms with Gasteiger partial charge in [-0.2, -0.15) is 0 Å². The maximum absolute atomic E-state index is 10.3. The number of aliphatic hydroxyl groups is 1. The summed E-state index contributed by atoms with van der Waals surface area (Å²) in [7, 11) is 1.57. The van der Waals surface area contributed by atoms with Crippen LogP contribution in [0.15, 0.2) is 24.8 Å². The lowest BCUT2D eigenvalue weighted by Gasteiger charge is -2.33. The van der Waals surface area contributed by atoms with Gasteiger partial charge in [0.25, 0.3) is 0 Å². The van der Waals surface area contributed by atoms with Crippen molar-refractivity contribution in [2.45, 2.75) is 38.8 Å². The quantitative estimate of drug-likeness (QED) is 0.794. The minimum absolute atomic E-state index is 0.230. The van der Waals surface area contributed by atoms with Gasteiger partial charge in [0, 0.05) is 12.1 Å². The second kappa shape index (κ2) is 7.65. The molecule has 1 heterocycles. The summed E-state index contributed by atoms with van der Waals surface area (Å²) in [6.45, 7) is 8.24. The number of nitrogens with zero attached hydrogens (tertiary/aromatic N) is 1. The molecule has 0 spiro atoms. The summed E-state index contributed by atoms with van der Waals surface area (Å²) < 4.78 is 5.27. The molecule has 0 radical (unpaired) electrons. The number of aliphatic hydroxyl groups excluding tert-OH is 1. The minimum atomic E-state index is -0.230.